The van der Waals surface area contributed by atoms with Crippen molar-refractivity contribution in [2.24, 2.45) is 0 Å². The Hall–Kier alpha value is -1.53. The summed E-state index contributed by atoms with van der Waals surface area (Å²) in [6.07, 6.45) is -1.93. The average molecular weight is 283 g/mol. The van der Waals surface area contributed by atoms with Crippen molar-refractivity contribution in [2.45, 2.75) is 38.4 Å². The van der Waals surface area contributed by atoms with Gasteiger partial charge in [-0.2, -0.15) is 0 Å². The first-order valence-electron chi connectivity index (χ1n) is 6.68. The minimum atomic E-state index is -2.53. The number of amides is 1. The summed E-state index contributed by atoms with van der Waals surface area (Å²) >= 11 is 0. The molecule has 4 nitrogen and oxygen atoms in total. The van der Waals surface area contributed by atoms with Crippen LogP contribution in [0.25, 0.3) is 0 Å². The van der Waals surface area contributed by atoms with Gasteiger partial charge in [-0.25, -0.2) is 14.2 Å². The van der Waals surface area contributed by atoms with E-state index in [2.05, 4.69) is 10.9 Å². The Labute approximate surface area is 117 Å². The molecule has 0 spiro atoms. The smallest absolute Gasteiger partial charge is 0.255 e. The second-order valence-electron chi connectivity index (χ2n) is 5.07. The van der Waals surface area contributed by atoms with E-state index in [0.29, 0.717) is 6.42 Å². The van der Waals surface area contributed by atoms with E-state index in [1.165, 1.54) is 4.90 Å². The van der Waals surface area contributed by atoms with Crippen LogP contribution >= 0.6 is 0 Å². The van der Waals surface area contributed by atoms with Gasteiger partial charge < -0.3 is 4.90 Å². The SMILES string of the molecule is CC1CC(C(=O)N(Cc2ccccc2)CC(F)F)NN1. The van der Waals surface area contributed by atoms with Crippen molar-refractivity contribution < 1.29 is 13.6 Å². The number of rotatable bonds is 5. The molecule has 0 saturated carbocycles. The van der Waals surface area contributed by atoms with E-state index >= 15 is 0 Å². The van der Waals surface area contributed by atoms with Gasteiger partial charge in [-0.1, -0.05) is 30.3 Å². The number of hydrogen-bond acceptors (Lipinski definition) is 3. The number of benzene rings is 1. The Bertz CT molecular complexity index is 441. The van der Waals surface area contributed by atoms with Crippen LogP contribution in [0.15, 0.2) is 30.3 Å². The molecular formula is C14H19F2N3O. The summed E-state index contributed by atoms with van der Waals surface area (Å²) in [6.45, 7) is 1.60. The molecule has 2 rings (SSSR count). The molecule has 1 aromatic carbocycles. The van der Waals surface area contributed by atoms with Crippen molar-refractivity contribution in [2.75, 3.05) is 6.54 Å². The second kappa shape index (κ2) is 6.76. The summed E-state index contributed by atoms with van der Waals surface area (Å²) < 4.78 is 25.4. The van der Waals surface area contributed by atoms with Crippen molar-refractivity contribution in [3.8, 4) is 0 Å². The van der Waals surface area contributed by atoms with Crippen LogP contribution in [0, 0.1) is 0 Å². The van der Waals surface area contributed by atoms with Crippen LogP contribution in [0.5, 0.6) is 0 Å². The van der Waals surface area contributed by atoms with Crippen molar-refractivity contribution in [1.29, 1.82) is 0 Å². The minimum Gasteiger partial charge on any atom is -0.331 e. The summed E-state index contributed by atoms with van der Waals surface area (Å²) in [5.41, 5.74) is 6.64. The highest BCUT2D eigenvalue weighted by molar-refractivity contribution is 5.82. The lowest BCUT2D eigenvalue weighted by Crippen LogP contribution is -2.46. The van der Waals surface area contributed by atoms with Gasteiger partial charge in [0.1, 0.15) is 6.04 Å². The first kappa shape index (κ1) is 14.9. The summed E-state index contributed by atoms with van der Waals surface area (Å²) in [4.78, 5) is 13.5. The molecule has 2 unspecified atom stereocenters. The van der Waals surface area contributed by atoms with E-state index in [0.717, 1.165) is 5.56 Å². The zero-order valence-corrected chi connectivity index (χ0v) is 11.4. The molecule has 0 bridgehead atoms. The topological polar surface area (TPSA) is 44.4 Å². The van der Waals surface area contributed by atoms with Gasteiger partial charge >= 0.3 is 0 Å². The van der Waals surface area contributed by atoms with Crippen LogP contribution in [-0.2, 0) is 11.3 Å². The molecule has 1 amide bonds. The summed E-state index contributed by atoms with van der Waals surface area (Å²) in [5.74, 6) is -0.286. The van der Waals surface area contributed by atoms with Gasteiger partial charge in [0.15, 0.2) is 0 Å². The maximum Gasteiger partial charge on any atom is 0.255 e. The van der Waals surface area contributed by atoms with Crippen LogP contribution < -0.4 is 10.9 Å². The van der Waals surface area contributed by atoms with Crippen LogP contribution in [0.2, 0.25) is 0 Å². The number of alkyl halides is 2. The van der Waals surface area contributed by atoms with Gasteiger partial charge in [-0.15, -0.1) is 0 Å². The standard InChI is InChI=1S/C14H19F2N3O/c1-10-7-12(18-17-10)14(20)19(9-13(15)16)8-11-5-3-2-4-6-11/h2-6,10,12-13,17-18H,7-9H2,1H3. The molecule has 0 radical (unpaired) electrons. The number of halogens is 2. The molecule has 1 saturated heterocycles. The zero-order valence-electron chi connectivity index (χ0n) is 11.4. The van der Waals surface area contributed by atoms with Gasteiger partial charge in [0.2, 0.25) is 5.91 Å². The summed E-state index contributed by atoms with van der Waals surface area (Å²) in [6, 6.07) is 8.90. The van der Waals surface area contributed by atoms with Crippen LogP contribution in [-0.4, -0.2) is 35.9 Å². The average Bonchev–Trinajstić information content (AvgIpc) is 2.84. The predicted octanol–water partition coefficient (Wildman–Crippen LogP) is 1.54. The first-order chi connectivity index (χ1) is 9.56. The Morgan fingerprint density at radius 1 is 1.35 bits per heavy atom. The van der Waals surface area contributed by atoms with E-state index < -0.39 is 19.0 Å². The lowest BCUT2D eigenvalue weighted by Gasteiger charge is -2.25. The van der Waals surface area contributed by atoms with E-state index in [1.54, 1.807) is 0 Å². The first-order valence-corrected chi connectivity index (χ1v) is 6.68. The molecule has 2 atom stereocenters. The molecule has 2 N–H and O–H groups in total. The Kier molecular flexibility index (Phi) is 5.03. The third kappa shape index (κ3) is 3.98. The molecule has 0 aromatic heterocycles. The molecule has 0 aliphatic carbocycles. The van der Waals surface area contributed by atoms with Crippen molar-refractivity contribution in [3.63, 3.8) is 0 Å². The maximum absolute atomic E-state index is 12.7. The number of hydrazine groups is 1. The molecule has 6 heteroatoms. The third-order valence-electron chi connectivity index (χ3n) is 3.28. The van der Waals surface area contributed by atoms with Crippen LogP contribution in [0.4, 0.5) is 8.78 Å². The third-order valence-corrected chi connectivity index (χ3v) is 3.28. The number of carbonyl (C=O) groups excluding carboxylic acids is 1. The highest BCUT2D eigenvalue weighted by Gasteiger charge is 2.31. The fourth-order valence-corrected chi connectivity index (χ4v) is 2.30. The highest BCUT2D eigenvalue weighted by atomic mass is 19.3. The molecule has 1 aromatic rings. The van der Waals surface area contributed by atoms with Crippen molar-refractivity contribution in [1.82, 2.24) is 15.8 Å². The quantitative estimate of drug-likeness (QED) is 0.861. The molecule has 1 aliphatic rings. The lowest BCUT2D eigenvalue weighted by molar-refractivity contribution is -0.135. The number of carbonyl (C=O) groups is 1. The molecule has 1 heterocycles. The fourth-order valence-electron chi connectivity index (χ4n) is 2.30. The number of nitrogens with one attached hydrogen (secondary N) is 2. The van der Waals surface area contributed by atoms with Gasteiger partial charge in [-0.3, -0.25) is 10.2 Å². The second-order valence-corrected chi connectivity index (χ2v) is 5.07. The van der Waals surface area contributed by atoms with E-state index in [4.69, 9.17) is 0 Å². The largest absolute Gasteiger partial charge is 0.331 e. The normalized spacial score (nSPS) is 22.2. The Morgan fingerprint density at radius 2 is 2.05 bits per heavy atom. The van der Waals surface area contributed by atoms with Crippen molar-refractivity contribution in [3.05, 3.63) is 35.9 Å². The van der Waals surface area contributed by atoms with E-state index in [-0.39, 0.29) is 18.5 Å². The Morgan fingerprint density at radius 3 is 2.60 bits per heavy atom. The van der Waals surface area contributed by atoms with Gasteiger partial charge in [0.05, 0.1) is 6.54 Å². The summed E-state index contributed by atoms with van der Waals surface area (Å²) in [7, 11) is 0. The van der Waals surface area contributed by atoms with Gasteiger partial charge in [0, 0.05) is 12.6 Å². The lowest BCUT2D eigenvalue weighted by atomic mass is 10.1. The van der Waals surface area contributed by atoms with E-state index in [9.17, 15) is 13.6 Å². The van der Waals surface area contributed by atoms with Crippen LogP contribution in [0.3, 0.4) is 0 Å². The highest BCUT2D eigenvalue weighted by Crippen LogP contribution is 2.13. The molecule has 1 fully saturated rings. The van der Waals surface area contributed by atoms with Gasteiger partial charge in [0.25, 0.3) is 6.43 Å². The molecule has 110 valence electrons. The zero-order chi connectivity index (χ0) is 14.5. The minimum absolute atomic E-state index is 0.161. The van der Waals surface area contributed by atoms with Gasteiger partial charge in [-0.05, 0) is 18.9 Å². The number of nitrogens with zero attached hydrogens (tertiary/aromatic N) is 1. The Balaban J connectivity index is 2.05. The molecule has 1 aliphatic heterocycles. The maximum atomic E-state index is 12.7. The van der Waals surface area contributed by atoms with E-state index in [1.807, 2.05) is 37.3 Å². The van der Waals surface area contributed by atoms with Crippen molar-refractivity contribution >= 4 is 5.91 Å². The predicted molar refractivity (Wildman–Crippen MR) is 72.0 cm³/mol. The van der Waals surface area contributed by atoms with Crippen LogP contribution in [0.1, 0.15) is 18.9 Å². The number of hydrogen-bond donors (Lipinski definition) is 2. The fraction of sp³-hybridized carbons (Fsp3) is 0.500. The molecule has 20 heavy (non-hydrogen) atoms. The summed E-state index contributed by atoms with van der Waals surface area (Å²) in [5, 5.41) is 0. The molecular weight excluding hydrogens is 264 g/mol. The monoisotopic (exact) mass is 283 g/mol.